The average Bonchev–Trinajstić information content (AvgIpc) is 2.07. The van der Waals surface area contributed by atoms with E-state index >= 15 is 0 Å². The fraction of sp³-hybridized carbons (Fsp3) is 0.300. The first-order valence-electron chi connectivity index (χ1n) is 4.07. The quantitative estimate of drug-likeness (QED) is 0.675. The van der Waals surface area contributed by atoms with Gasteiger partial charge >= 0.3 is 0 Å². The Labute approximate surface area is 81.5 Å². The summed E-state index contributed by atoms with van der Waals surface area (Å²) in [6, 6.07) is 7.33. The van der Waals surface area contributed by atoms with Gasteiger partial charge in [0.1, 0.15) is 6.29 Å². The van der Waals surface area contributed by atoms with Gasteiger partial charge in [-0.05, 0) is 17.7 Å². The zero-order valence-corrected chi connectivity index (χ0v) is 7.75. The first kappa shape index (κ1) is 8.73. The highest BCUT2D eigenvalue weighted by Crippen LogP contribution is 2.30. The SMILES string of the molecule is O=CC1(c2ccc(Cl)cc2)COC1. The molecular weight excluding hydrogens is 188 g/mol. The average molecular weight is 197 g/mol. The van der Waals surface area contributed by atoms with E-state index < -0.39 is 5.41 Å². The molecule has 1 fully saturated rings. The minimum absolute atomic E-state index is 0.412. The van der Waals surface area contributed by atoms with Crippen LogP contribution in [-0.2, 0) is 14.9 Å². The maximum absolute atomic E-state index is 10.9. The molecule has 3 heteroatoms. The lowest BCUT2D eigenvalue weighted by molar-refractivity contribution is -0.129. The third-order valence-corrected chi connectivity index (χ3v) is 2.62. The van der Waals surface area contributed by atoms with E-state index in [1.807, 2.05) is 12.1 Å². The molecule has 0 atom stereocenters. The third-order valence-electron chi connectivity index (χ3n) is 2.36. The zero-order chi connectivity index (χ0) is 9.31. The van der Waals surface area contributed by atoms with Crippen molar-refractivity contribution in [2.75, 3.05) is 13.2 Å². The van der Waals surface area contributed by atoms with E-state index in [4.69, 9.17) is 16.3 Å². The molecule has 13 heavy (non-hydrogen) atoms. The van der Waals surface area contributed by atoms with Crippen LogP contribution in [0.5, 0.6) is 0 Å². The summed E-state index contributed by atoms with van der Waals surface area (Å²) < 4.78 is 5.05. The van der Waals surface area contributed by atoms with Gasteiger partial charge in [0.25, 0.3) is 0 Å². The van der Waals surface area contributed by atoms with Crippen LogP contribution >= 0.6 is 11.6 Å². The van der Waals surface area contributed by atoms with Crippen LogP contribution in [-0.4, -0.2) is 19.5 Å². The number of ether oxygens (including phenoxy) is 1. The molecule has 1 aliphatic heterocycles. The number of carbonyl (C=O) groups is 1. The fourth-order valence-corrected chi connectivity index (χ4v) is 1.53. The Morgan fingerprint density at radius 1 is 1.31 bits per heavy atom. The summed E-state index contributed by atoms with van der Waals surface area (Å²) in [5.74, 6) is 0. The first-order chi connectivity index (χ1) is 6.27. The molecule has 68 valence electrons. The molecule has 1 saturated heterocycles. The van der Waals surface area contributed by atoms with E-state index in [1.54, 1.807) is 12.1 Å². The van der Waals surface area contributed by atoms with Gasteiger partial charge in [-0.2, -0.15) is 0 Å². The van der Waals surface area contributed by atoms with Crippen molar-refractivity contribution < 1.29 is 9.53 Å². The maximum Gasteiger partial charge on any atom is 0.135 e. The summed E-state index contributed by atoms with van der Waals surface area (Å²) in [5, 5.41) is 0.685. The van der Waals surface area contributed by atoms with Gasteiger partial charge < -0.3 is 9.53 Å². The van der Waals surface area contributed by atoms with Crippen molar-refractivity contribution in [3.8, 4) is 0 Å². The molecule has 2 rings (SSSR count). The van der Waals surface area contributed by atoms with Crippen molar-refractivity contribution in [2.45, 2.75) is 5.41 Å². The molecule has 0 spiro atoms. The Kier molecular flexibility index (Phi) is 2.10. The number of aldehydes is 1. The molecule has 1 aliphatic rings. The number of carbonyl (C=O) groups excluding carboxylic acids is 1. The van der Waals surface area contributed by atoms with Crippen LogP contribution in [0.3, 0.4) is 0 Å². The predicted octanol–water partition coefficient (Wildman–Crippen LogP) is 1.81. The molecule has 0 radical (unpaired) electrons. The van der Waals surface area contributed by atoms with Gasteiger partial charge in [-0.3, -0.25) is 0 Å². The van der Waals surface area contributed by atoms with Gasteiger partial charge in [0, 0.05) is 5.02 Å². The summed E-state index contributed by atoms with van der Waals surface area (Å²) in [6.45, 7) is 0.969. The van der Waals surface area contributed by atoms with Crippen molar-refractivity contribution in [3.05, 3.63) is 34.9 Å². The molecule has 1 aromatic rings. The zero-order valence-electron chi connectivity index (χ0n) is 7.00. The first-order valence-corrected chi connectivity index (χ1v) is 4.45. The van der Waals surface area contributed by atoms with Crippen molar-refractivity contribution in [3.63, 3.8) is 0 Å². The summed E-state index contributed by atoms with van der Waals surface area (Å²) in [7, 11) is 0. The highest BCUT2D eigenvalue weighted by molar-refractivity contribution is 6.30. The molecule has 0 aliphatic carbocycles. The van der Waals surface area contributed by atoms with E-state index in [1.165, 1.54) is 0 Å². The lowest BCUT2D eigenvalue weighted by Gasteiger charge is -2.36. The Bertz CT molecular complexity index is 314. The number of hydrogen-bond donors (Lipinski definition) is 0. The predicted molar refractivity (Wildman–Crippen MR) is 50.0 cm³/mol. The molecule has 0 N–H and O–H groups in total. The van der Waals surface area contributed by atoms with E-state index in [9.17, 15) is 4.79 Å². The molecule has 0 unspecified atom stereocenters. The van der Waals surface area contributed by atoms with Crippen LogP contribution in [0.25, 0.3) is 0 Å². The van der Waals surface area contributed by atoms with E-state index in [0.29, 0.717) is 18.2 Å². The Morgan fingerprint density at radius 3 is 2.31 bits per heavy atom. The van der Waals surface area contributed by atoms with Gasteiger partial charge in [-0.1, -0.05) is 23.7 Å². The van der Waals surface area contributed by atoms with Crippen molar-refractivity contribution in [2.24, 2.45) is 0 Å². The normalized spacial score (nSPS) is 19.2. The van der Waals surface area contributed by atoms with Crippen LogP contribution in [0, 0.1) is 0 Å². The van der Waals surface area contributed by atoms with Gasteiger partial charge in [0.15, 0.2) is 0 Å². The van der Waals surface area contributed by atoms with Crippen molar-refractivity contribution in [1.82, 2.24) is 0 Å². The second-order valence-electron chi connectivity index (χ2n) is 3.27. The summed E-state index contributed by atoms with van der Waals surface area (Å²) in [5.41, 5.74) is 0.572. The van der Waals surface area contributed by atoms with Crippen LogP contribution in [0.2, 0.25) is 5.02 Å². The lowest BCUT2D eigenvalue weighted by Crippen LogP contribution is -2.48. The Hall–Kier alpha value is -0.860. The highest BCUT2D eigenvalue weighted by Gasteiger charge is 2.40. The number of halogens is 1. The lowest BCUT2D eigenvalue weighted by atomic mass is 9.80. The van der Waals surface area contributed by atoms with Crippen LogP contribution in [0.15, 0.2) is 24.3 Å². The number of rotatable bonds is 2. The molecular formula is C10H9ClO2. The standard InChI is InChI=1S/C10H9ClO2/c11-9-3-1-8(2-4-9)10(5-12)6-13-7-10/h1-5H,6-7H2. The van der Waals surface area contributed by atoms with Crippen LogP contribution < -0.4 is 0 Å². The van der Waals surface area contributed by atoms with Crippen molar-refractivity contribution >= 4 is 17.9 Å². The smallest absolute Gasteiger partial charge is 0.135 e. The second kappa shape index (κ2) is 3.13. The Balaban J connectivity index is 2.33. The van der Waals surface area contributed by atoms with Gasteiger partial charge in [-0.25, -0.2) is 0 Å². The minimum Gasteiger partial charge on any atom is -0.379 e. The molecule has 2 nitrogen and oxygen atoms in total. The number of benzene rings is 1. The summed E-state index contributed by atoms with van der Waals surface area (Å²) in [6.07, 6.45) is 0.958. The molecule has 0 amide bonds. The Morgan fingerprint density at radius 2 is 1.92 bits per heavy atom. The largest absolute Gasteiger partial charge is 0.379 e. The summed E-state index contributed by atoms with van der Waals surface area (Å²) in [4.78, 5) is 10.9. The van der Waals surface area contributed by atoms with Gasteiger partial charge in [0.2, 0.25) is 0 Å². The third kappa shape index (κ3) is 1.36. The van der Waals surface area contributed by atoms with Crippen molar-refractivity contribution in [1.29, 1.82) is 0 Å². The van der Waals surface area contributed by atoms with Gasteiger partial charge in [-0.15, -0.1) is 0 Å². The van der Waals surface area contributed by atoms with Gasteiger partial charge in [0.05, 0.1) is 18.6 Å². The molecule has 1 aromatic carbocycles. The van der Waals surface area contributed by atoms with E-state index in [0.717, 1.165) is 11.8 Å². The second-order valence-corrected chi connectivity index (χ2v) is 3.71. The summed E-state index contributed by atoms with van der Waals surface area (Å²) >= 11 is 5.75. The molecule has 0 aromatic heterocycles. The van der Waals surface area contributed by atoms with Crippen LogP contribution in [0.4, 0.5) is 0 Å². The molecule has 1 heterocycles. The van der Waals surface area contributed by atoms with E-state index in [2.05, 4.69) is 0 Å². The fourth-order valence-electron chi connectivity index (χ4n) is 1.41. The monoisotopic (exact) mass is 196 g/mol. The maximum atomic E-state index is 10.9. The highest BCUT2D eigenvalue weighted by atomic mass is 35.5. The minimum atomic E-state index is -0.412. The van der Waals surface area contributed by atoms with E-state index in [-0.39, 0.29) is 0 Å². The van der Waals surface area contributed by atoms with Crippen LogP contribution in [0.1, 0.15) is 5.56 Å². The molecule has 0 saturated carbocycles. The number of hydrogen-bond acceptors (Lipinski definition) is 2. The topological polar surface area (TPSA) is 26.3 Å². The molecule has 0 bridgehead atoms.